The minimum absolute atomic E-state index is 0.368. The summed E-state index contributed by atoms with van der Waals surface area (Å²) >= 11 is 0. The van der Waals surface area contributed by atoms with Gasteiger partial charge in [-0.2, -0.15) is 0 Å². The molecule has 1 unspecified atom stereocenters. The molecule has 0 aromatic rings. The van der Waals surface area contributed by atoms with E-state index < -0.39 is 7.82 Å². The van der Waals surface area contributed by atoms with Gasteiger partial charge in [-0.15, -0.1) is 6.58 Å². The Kier molecular flexibility index (Phi) is 13.5. The van der Waals surface area contributed by atoms with Crippen LogP contribution in [0.15, 0.2) is 12.7 Å². The van der Waals surface area contributed by atoms with Crippen molar-refractivity contribution >= 4 is 7.82 Å². The van der Waals surface area contributed by atoms with Gasteiger partial charge in [0.25, 0.3) is 0 Å². The van der Waals surface area contributed by atoms with Gasteiger partial charge in [-0.05, 0) is 6.42 Å². The largest absolute Gasteiger partial charge is 0.470 e. The van der Waals surface area contributed by atoms with Gasteiger partial charge < -0.3 is 20.0 Å². The van der Waals surface area contributed by atoms with Crippen LogP contribution in [0, 0.1) is 0 Å². The van der Waals surface area contributed by atoms with Gasteiger partial charge in [0.15, 0.2) is 0 Å². The van der Waals surface area contributed by atoms with Crippen molar-refractivity contribution in [3.63, 3.8) is 0 Å². The number of hydrogen-bond acceptors (Lipinski definition) is 3. The van der Waals surface area contributed by atoms with E-state index in [1.807, 2.05) is 21.1 Å². The topological polar surface area (TPSA) is 92.8 Å². The molecule has 0 spiro atoms. The zero-order chi connectivity index (χ0) is 16.9. The highest BCUT2D eigenvalue weighted by atomic mass is 31.2. The SMILES string of the molecule is C=CCN.CCCCCCC(C[N+](C)(C)C)OP(=O)(O)O. The van der Waals surface area contributed by atoms with Crippen molar-refractivity contribution in [3.05, 3.63) is 12.7 Å². The molecular formula is C14H34N2O4P+. The molecule has 128 valence electrons. The molecule has 0 amide bonds. The van der Waals surface area contributed by atoms with Crippen molar-refractivity contribution in [2.24, 2.45) is 5.73 Å². The Morgan fingerprint density at radius 1 is 1.29 bits per heavy atom. The van der Waals surface area contributed by atoms with E-state index in [0.717, 1.165) is 25.7 Å². The average molecular weight is 325 g/mol. The van der Waals surface area contributed by atoms with Gasteiger partial charge in [0.1, 0.15) is 12.6 Å². The molecular weight excluding hydrogens is 291 g/mol. The standard InChI is InChI=1S/C11H26NO4P.C3H7N/c1-5-6-7-8-9-11(10-12(2,3)4)16-17(13,14)15;1-2-3-4/h11H,5-10H2,1-4H3,(H-,13,14,15);2H,1,3-4H2/p+1. The molecule has 0 aromatic heterocycles. The molecule has 0 radical (unpaired) electrons. The van der Waals surface area contributed by atoms with Crippen LogP contribution in [0.2, 0.25) is 0 Å². The molecule has 6 nitrogen and oxygen atoms in total. The minimum Gasteiger partial charge on any atom is -0.329 e. The highest BCUT2D eigenvalue weighted by Gasteiger charge is 2.26. The van der Waals surface area contributed by atoms with Crippen molar-refractivity contribution in [2.75, 3.05) is 34.2 Å². The van der Waals surface area contributed by atoms with Crippen molar-refractivity contribution in [2.45, 2.75) is 45.1 Å². The Hall–Kier alpha value is -0.230. The van der Waals surface area contributed by atoms with E-state index in [-0.39, 0.29) is 6.10 Å². The Labute approximate surface area is 129 Å². The van der Waals surface area contributed by atoms with Crippen molar-refractivity contribution in [3.8, 4) is 0 Å². The van der Waals surface area contributed by atoms with Crippen molar-refractivity contribution in [1.82, 2.24) is 0 Å². The summed E-state index contributed by atoms with van der Waals surface area (Å²) in [5.41, 5.74) is 4.91. The fourth-order valence-corrected chi connectivity index (χ4v) is 2.34. The van der Waals surface area contributed by atoms with Crippen LogP contribution in [-0.4, -0.2) is 54.6 Å². The van der Waals surface area contributed by atoms with Gasteiger partial charge in [-0.25, -0.2) is 4.57 Å². The van der Waals surface area contributed by atoms with Crippen LogP contribution in [0.5, 0.6) is 0 Å². The van der Waals surface area contributed by atoms with E-state index in [2.05, 4.69) is 13.5 Å². The molecule has 0 heterocycles. The number of likely N-dealkylation sites (N-methyl/N-ethyl adjacent to an activating group) is 1. The summed E-state index contributed by atoms with van der Waals surface area (Å²) in [5, 5.41) is 0. The molecule has 0 aliphatic carbocycles. The molecule has 0 saturated carbocycles. The number of rotatable bonds is 10. The van der Waals surface area contributed by atoms with Crippen LogP contribution in [0.4, 0.5) is 0 Å². The molecule has 0 fully saturated rings. The Bertz CT molecular complexity index is 300. The molecule has 21 heavy (non-hydrogen) atoms. The van der Waals surface area contributed by atoms with E-state index in [1.165, 1.54) is 0 Å². The predicted octanol–water partition coefficient (Wildman–Crippen LogP) is 2.27. The van der Waals surface area contributed by atoms with Crippen LogP contribution in [0.3, 0.4) is 0 Å². The van der Waals surface area contributed by atoms with Gasteiger partial charge in [-0.1, -0.05) is 38.7 Å². The molecule has 1 atom stereocenters. The summed E-state index contributed by atoms with van der Waals surface area (Å²) in [4.78, 5) is 17.7. The van der Waals surface area contributed by atoms with Crippen LogP contribution in [0.1, 0.15) is 39.0 Å². The Morgan fingerprint density at radius 2 is 1.81 bits per heavy atom. The van der Waals surface area contributed by atoms with Crippen LogP contribution >= 0.6 is 7.82 Å². The number of phosphoric ester groups is 1. The van der Waals surface area contributed by atoms with Gasteiger partial charge in [0.05, 0.1) is 21.1 Å². The van der Waals surface area contributed by atoms with Gasteiger partial charge >= 0.3 is 7.82 Å². The quantitative estimate of drug-likeness (QED) is 0.248. The average Bonchev–Trinajstić information content (AvgIpc) is 2.31. The molecule has 7 heteroatoms. The fraction of sp³-hybridized carbons (Fsp3) is 0.857. The molecule has 0 aliphatic heterocycles. The summed E-state index contributed by atoms with van der Waals surface area (Å²) < 4.78 is 16.4. The maximum absolute atomic E-state index is 10.9. The van der Waals surface area contributed by atoms with Gasteiger partial charge in [-0.3, -0.25) is 4.52 Å². The highest BCUT2D eigenvalue weighted by Crippen LogP contribution is 2.38. The van der Waals surface area contributed by atoms with Crippen molar-refractivity contribution < 1.29 is 23.4 Å². The number of nitrogens with two attached hydrogens (primary N) is 1. The van der Waals surface area contributed by atoms with Crippen LogP contribution in [-0.2, 0) is 9.09 Å². The highest BCUT2D eigenvalue weighted by molar-refractivity contribution is 7.46. The van der Waals surface area contributed by atoms with Gasteiger partial charge in [0, 0.05) is 6.54 Å². The number of nitrogens with zero attached hydrogens (tertiary/aromatic N) is 1. The molecule has 0 rings (SSSR count). The summed E-state index contributed by atoms with van der Waals surface area (Å²) in [6, 6.07) is 0. The summed E-state index contributed by atoms with van der Waals surface area (Å²) in [7, 11) is 1.59. The second-order valence-corrected chi connectivity index (χ2v) is 7.26. The summed E-state index contributed by atoms with van der Waals surface area (Å²) in [5.74, 6) is 0. The van der Waals surface area contributed by atoms with E-state index in [4.69, 9.17) is 20.0 Å². The Balaban J connectivity index is 0. The third-order valence-electron chi connectivity index (χ3n) is 2.58. The first-order valence-electron chi connectivity index (χ1n) is 7.41. The number of phosphoric acid groups is 1. The number of quaternary nitrogens is 1. The van der Waals surface area contributed by atoms with E-state index in [9.17, 15) is 4.57 Å². The minimum atomic E-state index is -4.37. The second-order valence-electron chi connectivity index (χ2n) is 6.06. The lowest BCUT2D eigenvalue weighted by atomic mass is 10.1. The second kappa shape index (κ2) is 12.3. The predicted molar refractivity (Wildman–Crippen MR) is 87.8 cm³/mol. The first-order chi connectivity index (χ1) is 9.55. The van der Waals surface area contributed by atoms with E-state index in [0.29, 0.717) is 24.0 Å². The zero-order valence-corrected chi connectivity index (χ0v) is 14.9. The normalized spacial score (nSPS) is 13.3. The van der Waals surface area contributed by atoms with E-state index >= 15 is 0 Å². The zero-order valence-electron chi connectivity index (χ0n) is 14.0. The summed E-state index contributed by atoms with van der Waals surface area (Å²) in [6.07, 6.45) is 6.35. The molecule has 4 N–H and O–H groups in total. The third-order valence-corrected chi connectivity index (χ3v) is 3.16. The van der Waals surface area contributed by atoms with Crippen LogP contribution < -0.4 is 5.73 Å². The van der Waals surface area contributed by atoms with Gasteiger partial charge in [0.2, 0.25) is 0 Å². The van der Waals surface area contributed by atoms with Crippen molar-refractivity contribution in [1.29, 1.82) is 0 Å². The monoisotopic (exact) mass is 325 g/mol. The Morgan fingerprint density at radius 3 is 2.14 bits per heavy atom. The maximum Gasteiger partial charge on any atom is 0.470 e. The molecule has 0 aromatic carbocycles. The first-order valence-corrected chi connectivity index (χ1v) is 8.94. The number of hydrogen-bond donors (Lipinski definition) is 3. The molecule has 0 aliphatic rings. The van der Waals surface area contributed by atoms with E-state index in [1.54, 1.807) is 6.08 Å². The maximum atomic E-state index is 10.9. The summed E-state index contributed by atoms with van der Waals surface area (Å²) in [6.45, 7) is 6.68. The third kappa shape index (κ3) is 22.2. The number of unbranched alkanes of at least 4 members (excludes halogenated alkanes) is 3. The first kappa shape index (κ1) is 23.0. The lowest BCUT2D eigenvalue weighted by molar-refractivity contribution is -0.873. The molecule has 0 saturated heterocycles. The lowest BCUT2D eigenvalue weighted by Crippen LogP contribution is -2.42. The fourth-order valence-electron chi connectivity index (χ4n) is 1.78. The lowest BCUT2D eigenvalue weighted by Gasteiger charge is -2.29. The smallest absolute Gasteiger partial charge is 0.329 e. The van der Waals surface area contributed by atoms with Crippen LogP contribution in [0.25, 0.3) is 0 Å². The molecule has 0 bridgehead atoms.